The van der Waals surface area contributed by atoms with Crippen LogP contribution in [-0.4, -0.2) is 44.7 Å². The molecular formula is C14H28N2O2S. The van der Waals surface area contributed by atoms with E-state index >= 15 is 0 Å². The summed E-state index contributed by atoms with van der Waals surface area (Å²) in [6.45, 7) is 5.11. The fourth-order valence-corrected chi connectivity index (χ4v) is 4.91. The number of fused-ring (bicyclic) bond motifs is 1. The first kappa shape index (κ1) is 15.3. The van der Waals surface area contributed by atoms with Crippen LogP contribution in [-0.2, 0) is 10.0 Å². The zero-order valence-electron chi connectivity index (χ0n) is 12.1. The van der Waals surface area contributed by atoms with Crippen LogP contribution in [0, 0.1) is 11.8 Å². The minimum atomic E-state index is -3.04. The van der Waals surface area contributed by atoms with Crippen LogP contribution in [0.1, 0.15) is 45.4 Å². The fraction of sp³-hybridized carbons (Fsp3) is 1.00. The van der Waals surface area contributed by atoms with Gasteiger partial charge in [0.1, 0.15) is 0 Å². The monoisotopic (exact) mass is 288 g/mol. The molecule has 2 atom stereocenters. The predicted molar refractivity (Wildman–Crippen MR) is 78.6 cm³/mol. The topological polar surface area (TPSA) is 49.4 Å². The first-order chi connectivity index (χ1) is 9.13. The van der Waals surface area contributed by atoms with Gasteiger partial charge in [-0.25, -0.2) is 12.7 Å². The molecule has 0 aromatic carbocycles. The summed E-state index contributed by atoms with van der Waals surface area (Å²) >= 11 is 0. The molecule has 0 bridgehead atoms. The summed E-state index contributed by atoms with van der Waals surface area (Å²) in [6.07, 6.45) is 7.29. The van der Waals surface area contributed by atoms with Crippen molar-refractivity contribution in [2.75, 3.05) is 31.9 Å². The Kier molecular flexibility index (Phi) is 5.66. The van der Waals surface area contributed by atoms with Crippen molar-refractivity contribution in [3.63, 3.8) is 0 Å². The highest BCUT2D eigenvalue weighted by molar-refractivity contribution is 7.89. The summed E-state index contributed by atoms with van der Waals surface area (Å²) in [6, 6.07) is 0. The van der Waals surface area contributed by atoms with Crippen molar-refractivity contribution in [2.24, 2.45) is 11.8 Å². The van der Waals surface area contributed by atoms with Crippen molar-refractivity contribution in [2.45, 2.75) is 45.4 Å². The van der Waals surface area contributed by atoms with Gasteiger partial charge < -0.3 is 5.32 Å². The smallest absolute Gasteiger partial charge is 0.215 e. The molecule has 19 heavy (non-hydrogen) atoms. The highest BCUT2D eigenvalue weighted by Gasteiger charge is 2.35. The maximum atomic E-state index is 12.3. The molecule has 1 aliphatic carbocycles. The van der Waals surface area contributed by atoms with Crippen LogP contribution in [0.5, 0.6) is 0 Å². The Bertz CT molecular complexity index is 370. The molecule has 2 rings (SSSR count). The maximum absolute atomic E-state index is 12.3. The molecule has 2 fully saturated rings. The van der Waals surface area contributed by atoms with Gasteiger partial charge >= 0.3 is 0 Å². The largest absolute Gasteiger partial charge is 0.316 e. The number of rotatable bonds is 6. The lowest BCUT2D eigenvalue weighted by Gasteiger charge is -2.40. The Morgan fingerprint density at radius 1 is 1.11 bits per heavy atom. The number of hydrogen-bond acceptors (Lipinski definition) is 3. The van der Waals surface area contributed by atoms with Crippen LogP contribution in [0.25, 0.3) is 0 Å². The normalized spacial score (nSPS) is 29.1. The van der Waals surface area contributed by atoms with Crippen molar-refractivity contribution in [3.8, 4) is 0 Å². The first-order valence-electron chi connectivity index (χ1n) is 7.82. The zero-order valence-corrected chi connectivity index (χ0v) is 12.9. The van der Waals surface area contributed by atoms with Crippen LogP contribution >= 0.6 is 0 Å². The molecule has 2 aliphatic rings. The quantitative estimate of drug-likeness (QED) is 0.759. The molecule has 1 aliphatic heterocycles. The van der Waals surface area contributed by atoms with Crippen LogP contribution in [0.4, 0.5) is 0 Å². The molecule has 1 heterocycles. The second-order valence-corrected chi connectivity index (χ2v) is 8.11. The van der Waals surface area contributed by atoms with E-state index in [4.69, 9.17) is 0 Å². The van der Waals surface area contributed by atoms with Crippen LogP contribution in [0.2, 0.25) is 0 Å². The average molecular weight is 288 g/mol. The highest BCUT2D eigenvalue weighted by atomic mass is 32.2. The summed E-state index contributed by atoms with van der Waals surface area (Å²) in [5.41, 5.74) is 0. The molecule has 0 amide bonds. The van der Waals surface area contributed by atoms with Crippen molar-refractivity contribution >= 4 is 10.0 Å². The van der Waals surface area contributed by atoms with Crippen LogP contribution < -0.4 is 5.32 Å². The van der Waals surface area contributed by atoms with Crippen molar-refractivity contribution in [1.29, 1.82) is 0 Å². The zero-order chi connectivity index (χ0) is 13.7. The Balaban J connectivity index is 1.83. The van der Waals surface area contributed by atoms with Crippen LogP contribution in [0.15, 0.2) is 0 Å². The third-order valence-electron chi connectivity index (χ3n) is 4.61. The van der Waals surface area contributed by atoms with E-state index in [-0.39, 0.29) is 5.75 Å². The number of nitrogens with zero attached hydrogens (tertiary/aromatic N) is 1. The van der Waals surface area contributed by atoms with Gasteiger partial charge in [0.05, 0.1) is 5.75 Å². The Morgan fingerprint density at radius 2 is 1.84 bits per heavy atom. The second-order valence-electron chi connectivity index (χ2n) is 6.02. The highest BCUT2D eigenvalue weighted by Crippen LogP contribution is 2.36. The van der Waals surface area contributed by atoms with Gasteiger partial charge in [-0.2, -0.15) is 0 Å². The molecule has 4 nitrogen and oxygen atoms in total. The third kappa shape index (κ3) is 4.17. The van der Waals surface area contributed by atoms with Gasteiger partial charge in [0, 0.05) is 19.6 Å². The van der Waals surface area contributed by atoms with Gasteiger partial charge in [-0.1, -0.05) is 26.2 Å². The lowest BCUT2D eigenvalue weighted by Crippen LogP contribution is -2.46. The molecule has 0 radical (unpaired) electrons. The van der Waals surface area contributed by atoms with Gasteiger partial charge in [-0.05, 0) is 37.6 Å². The summed E-state index contributed by atoms with van der Waals surface area (Å²) in [4.78, 5) is 0. The summed E-state index contributed by atoms with van der Waals surface area (Å²) < 4.78 is 26.4. The van der Waals surface area contributed by atoms with E-state index in [0.717, 1.165) is 38.4 Å². The number of nitrogens with one attached hydrogen (secondary N) is 1. The van der Waals surface area contributed by atoms with Gasteiger partial charge in [0.2, 0.25) is 10.0 Å². The first-order valence-corrected chi connectivity index (χ1v) is 9.43. The Morgan fingerprint density at radius 3 is 2.58 bits per heavy atom. The van der Waals surface area contributed by atoms with E-state index in [1.165, 1.54) is 25.7 Å². The number of hydrogen-bond donors (Lipinski definition) is 1. The van der Waals surface area contributed by atoms with E-state index in [1.807, 2.05) is 0 Å². The molecule has 112 valence electrons. The van der Waals surface area contributed by atoms with E-state index in [9.17, 15) is 8.42 Å². The Hall–Kier alpha value is -0.130. The molecule has 5 heteroatoms. The number of piperidine rings is 1. The molecule has 0 aromatic rings. The second kappa shape index (κ2) is 7.04. The molecule has 0 aromatic heterocycles. The molecule has 1 saturated heterocycles. The molecule has 0 spiro atoms. The van der Waals surface area contributed by atoms with E-state index in [1.54, 1.807) is 4.31 Å². The fourth-order valence-electron chi connectivity index (χ4n) is 3.45. The van der Waals surface area contributed by atoms with Gasteiger partial charge in [0.15, 0.2) is 0 Å². The van der Waals surface area contributed by atoms with Gasteiger partial charge in [-0.15, -0.1) is 0 Å². The van der Waals surface area contributed by atoms with Crippen LogP contribution in [0.3, 0.4) is 0 Å². The summed E-state index contributed by atoms with van der Waals surface area (Å²) in [7, 11) is -3.04. The standard InChI is InChI=1S/C14H28N2O2S/c1-2-8-15-9-11-19(17,18)16-10-7-13-5-3-4-6-14(13)12-16/h13-15H,2-12H2,1H3. The number of sulfonamides is 1. The van der Waals surface area contributed by atoms with Gasteiger partial charge in [-0.3, -0.25) is 0 Å². The third-order valence-corrected chi connectivity index (χ3v) is 6.45. The summed E-state index contributed by atoms with van der Waals surface area (Å²) in [5, 5.41) is 3.18. The van der Waals surface area contributed by atoms with E-state index in [0.29, 0.717) is 12.5 Å². The minimum absolute atomic E-state index is 0.254. The molecular weight excluding hydrogens is 260 g/mol. The molecule has 2 unspecified atom stereocenters. The lowest BCUT2D eigenvalue weighted by atomic mass is 9.76. The van der Waals surface area contributed by atoms with Crippen molar-refractivity contribution in [1.82, 2.24) is 9.62 Å². The summed E-state index contributed by atoms with van der Waals surface area (Å²) in [5.74, 6) is 1.67. The van der Waals surface area contributed by atoms with E-state index in [2.05, 4.69) is 12.2 Å². The van der Waals surface area contributed by atoms with Crippen molar-refractivity contribution < 1.29 is 8.42 Å². The van der Waals surface area contributed by atoms with Gasteiger partial charge in [0.25, 0.3) is 0 Å². The molecule has 1 saturated carbocycles. The van der Waals surface area contributed by atoms with E-state index < -0.39 is 10.0 Å². The van der Waals surface area contributed by atoms with Crippen molar-refractivity contribution in [3.05, 3.63) is 0 Å². The SMILES string of the molecule is CCCNCCS(=O)(=O)N1CCC2CCCCC2C1. The average Bonchev–Trinajstić information content (AvgIpc) is 2.43. The predicted octanol–water partition coefficient (Wildman–Crippen LogP) is 1.83. The molecule has 1 N–H and O–H groups in total. The lowest BCUT2D eigenvalue weighted by molar-refractivity contribution is 0.136. The minimum Gasteiger partial charge on any atom is -0.316 e. The maximum Gasteiger partial charge on any atom is 0.215 e. The Labute approximate surface area is 118 Å².